The quantitative estimate of drug-likeness (QED) is 0.788. The summed E-state index contributed by atoms with van der Waals surface area (Å²) in [6, 6.07) is 11.8. The lowest BCUT2D eigenvalue weighted by Crippen LogP contribution is -2.52. The highest BCUT2D eigenvalue weighted by molar-refractivity contribution is 6.05. The van der Waals surface area contributed by atoms with Gasteiger partial charge in [0, 0.05) is 6.04 Å². The van der Waals surface area contributed by atoms with Crippen molar-refractivity contribution in [1.82, 2.24) is 4.90 Å². The number of likely N-dealkylation sites (N-methyl/N-ethyl adjacent to an activating group) is 1. The number of benzene rings is 2. The van der Waals surface area contributed by atoms with Gasteiger partial charge in [0.2, 0.25) is 11.8 Å². The molecule has 0 spiro atoms. The van der Waals surface area contributed by atoms with Gasteiger partial charge in [0.25, 0.3) is 0 Å². The van der Waals surface area contributed by atoms with Crippen LogP contribution in [0.15, 0.2) is 48.5 Å². The van der Waals surface area contributed by atoms with Gasteiger partial charge in [0.05, 0.1) is 24.3 Å². The van der Waals surface area contributed by atoms with Crippen molar-refractivity contribution in [2.75, 3.05) is 23.8 Å². The number of nitrogens with one attached hydrogen (secondary N) is 1. The van der Waals surface area contributed by atoms with Crippen LogP contribution in [-0.2, 0) is 16.0 Å². The second-order valence-corrected chi connectivity index (χ2v) is 8.11. The molecular formula is C23H24F3N3O2. The second-order valence-electron chi connectivity index (χ2n) is 8.11. The Labute approximate surface area is 178 Å². The Kier molecular flexibility index (Phi) is 5.75. The van der Waals surface area contributed by atoms with Crippen LogP contribution in [0.3, 0.4) is 0 Å². The highest BCUT2D eigenvalue weighted by atomic mass is 19.4. The van der Waals surface area contributed by atoms with E-state index in [1.54, 1.807) is 19.2 Å². The maximum absolute atomic E-state index is 13.9. The molecule has 2 aromatic carbocycles. The number of amides is 2. The molecular weight excluding hydrogens is 407 g/mol. The van der Waals surface area contributed by atoms with Crippen LogP contribution in [0.5, 0.6) is 0 Å². The van der Waals surface area contributed by atoms with E-state index < -0.39 is 30.5 Å². The van der Waals surface area contributed by atoms with Gasteiger partial charge >= 0.3 is 6.18 Å². The number of halogens is 3. The molecule has 2 amide bonds. The van der Waals surface area contributed by atoms with Gasteiger partial charge in [-0.05, 0) is 49.6 Å². The van der Waals surface area contributed by atoms with Crippen molar-refractivity contribution in [2.24, 2.45) is 0 Å². The van der Waals surface area contributed by atoms with Crippen LogP contribution in [0.25, 0.3) is 0 Å². The molecule has 31 heavy (non-hydrogen) atoms. The van der Waals surface area contributed by atoms with E-state index in [1.165, 1.54) is 17.7 Å². The van der Waals surface area contributed by atoms with Gasteiger partial charge < -0.3 is 5.32 Å². The lowest BCUT2D eigenvalue weighted by atomic mass is 9.87. The fraction of sp³-hybridized carbons (Fsp3) is 0.391. The third kappa shape index (κ3) is 4.30. The van der Waals surface area contributed by atoms with Crippen molar-refractivity contribution in [1.29, 1.82) is 0 Å². The standard InChI is InChI=1S/C23H24F3N3O2/c1-28(18-12-6-8-15-7-2-3-9-16(15)18)14-22(31)29-19-11-5-4-10-17(19)27-21(30)13-20(29)23(24,25)26/h2-5,7,9-11,18,20H,6,8,12-14H2,1H3,(H,27,30)/t18-,20-/m1/s1. The number of hydrogen-bond donors (Lipinski definition) is 1. The monoisotopic (exact) mass is 431 g/mol. The molecule has 2 aliphatic rings. The fourth-order valence-electron chi connectivity index (χ4n) is 4.58. The Balaban J connectivity index is 1.65. The number of fused-ring (bicyclic) bond motifs is 2. The molecule has 1 N–H and O–H groups in total. The van der Waals surface area contributed by atoms with Gasteiger partial charge in [-0.2, -0.15) is 13.2 Å². The van der Waals surface area contributed by atoms with Crippen LogP contribution in [0, 0.1) is 0 Å². The molecule has 0 aromatic heterocycles. The highest BCUT2D eigenvalue weighted by Gasteiger charge is 2.49. The molecule has 1 heterocycles. The van der Waals surface area contributed by atoms with Crippen LogP contribution >= 0.6 is 0 Å². The van der Waals surface area contributed by atoms with Crippen molar-refractivity contribution >= 4 is 23.2 Å². The SMILES string of the molecule is CN(CC(=O)N1c2ccccc2NC(=O)C[C@@H]1C(F)(F)F)[C@@H]1CCCc2ccccc21. The molecule has 8 heteroatoms. The number of carbonyl (C=O) groups is 2. The molecule has 4 rings (SSSR count). The molecule has 1 aliphatic carbocycles. The lowest BCUT2D eigenvalue weighted by molar-refractivity contribution is -0.158. The average molecular weight is 431 g/mol. The Morgan fingerprint density at radius 2 is 1.87 bits per heavy atom. The van der Waals surface area contributed by atoms with E-state index in [0.717, 1.165) is 29.7 Å². The first-order valence-corrected chi connectivity index (χ1v) is 10.3. The zero-order chi connectivity index (χ0) is 22.2. The van der Waals surface area contributed by atoms with Crippen molar-refractivity contribution in [3.05, 3.63) is 59.7 Å². The van der Waals surface area contributed by atoms with Crippen molar-refractivity contribution in [3.63, 3.8) is 0 Å². The molecule has 164 valence electrons. The molecule has 2 atom stereocenters. The zero-order valence-corrected chi connectivity index (χ0v) is 17.2. The summed E-state index contributed by atoms with van der Waals surface area (Å²) in [5.41, 5.74) is 2.60. The van der Waals surface area contributed by atoms with E-state index in [0.29, 0.717) is 0 Å². The third-order valence-corrected chi connectivity index (χ3v) is 6.03. The minimum Gasteiger partial charge on any atom is -0.324 e. The molecule has 0 bridgehead atoms. The Morgan fingerprint density at radius 3 is 2.65 bits per heavy atom. The molecule has 2 aromatic rings. The number of hydrogen-bond acceptors (Lipinski definition) is 3. The smallest absolute Gasteiger partial charge is 0.324 e. The van der Waals surface area contributed by atoms with Crippen molar-refractivity contribution < 1.29 is 22.8 Å². The second kappa shape index (κ2) is 8.34. The minimum atomic E-state index is -4.74. The zero-order valence-electron chi connectivity index (χ0n) is 17.2. The first kappa shape index (κ1) is 21.4. The number of aryl methyl sites for hydroxylation is 1. The Bertz CT molecular complexity index is 992. The molecule has 5 nitrogen and oxygen atoms in total. The Hall–Kier alpha value is -2.87. The minimum absolute atomic E-state index is 0.0415. The van der Waals surface area contributed by atoms with Gasteiger partial charge in [-0.25, -0.2) is 0 Å². The van der Waals surface area contributed by atoms with Gasteiger partial charge in [0.15, 0.2) is 0 Å². The first-order chi connectivity index (χ1) is 14.8. The molecule has 1 aliphatic heterocycles. The highest BCUT2D eigenvalue weighted by Crippen LogP contribution is 2.38. The number of anilines is 2. The molecule has 0 radical (unpaired) electrons. The summed E-state index contributed by atoms with van der Waals surface area (Å²) in [5, 5.41) is 2.49. The van der Waals surface area contributed by atoms with Gasteiger partial charge in [-0.1, -0.05) is 36.4 Å². The molecule has 0 fully saturated rings. The Morgan fingerprint density at radius 1 is 1.16 bits per heavy atom. The average Bonchev–Trinajstić information content (AvgIpc) is 2.88. The van der Waals surface area contributed by atoms with E-state index in [-0.39, 0.29) is 24.0 Å². The topological polar surface area (TPSA) is 52.7 Å². The summed E-state index contributed by atoms with van der Waals surface area (Å²) in [6.45, 7) is -0.186. The van der Waals surface area contributed by atoms with E-state index >= 15 is 0 Å². The largest absolute Gasteiger partial charge is 0.409 e. The van der Waals surface area contributed by atoms with Crippen LogP contribution in [0.2, 0.25) is 0 Å². The van der Waals surface area contributed by atoms with Crippen LogP contribution in [0.4, 0.5) is 24.5 Å². The third-order valence-electron chi connectivity index (χ3n) is 6.03. The normalized spacial score (nSPS) is 21.2. The van der Waals surface area contributed by atoms with E-state index in [9.17, 15) is 22.8 Å². The predicted molar refractivity (Wildman–Crippen MR) is 112 cm³/mol. The van der Waals surface area contributed by atoms with Crippen LogP contribution in [0.1, 0.15) is 36.4 Å². The van der Waals surface area contributed by atoms with Crippen molar-refractivity contribution in [2.45, 2.75) is 43.9 Å². The molecule has 0 saturated heterocycles. The van der Waals surface area contributed by atoms with Gasteiger partial charge in [0.1, 0.15) is 6.04 Å². The fourth-order valence-corrected chi connectivity index (χ4v) is 4.58. The number of para-hydroxylation sites is 2. The number of nitrogens with zero attached hydrogens (tertiary/aromatic N) is 2. The first-order valence-electron chi connectivity index (χ1n) is 10.3. The summed E-state index contributed by atoms with van der Waals surface area (Å²) in [6.07, 6.45) is -2.82. The maximum Gasteiger partial charge on any atom is 0.409 e. The summed E-state index contributed by atoms with van der Waals surface area (Å²) in [7, 11) is 1.76. The van der Waals surface area contributed by atoms with E-state index in [4.69, 9.17) is 0 Å². The summed E-state index contributed by atoms with van der Waals surface area (Å²) in [4.78, 5) is 28.0. The number of rotatable bonds is 3. The van der Waals surface area contributed by atoms with Crippen LogP contribution < -0.4 is 10.2 Å². The summed E-state index contributed by atoms with van der Waals surface area (Å²) < 4.78 is 41.7. The molecule has 0 saturated carbocycles. The van der Waals surface area contributed by atoms with E-state index in [1.807, 2.05) is 23.1 Å². The van der Waals surface area contributed by atoms with Crippen molar-refractivity contribution in [3.8, 4) is 0 Å². The van der Waals surface area contributed by atoms with Gasteiger partial charge in [-0.3, -0.25) is 19.4 Å². The van der Waals surface area contributed by atoms with Gasteiger partial charge in [-0.15, -0.1) is 0 Å². The lowest BCUT2D eigenvalue weighted by Gasteiger charge is -2.36. The summed E-state index contributed by atoms with van der Waals surface area (Å²) >= 11 is 0. The van der Waals surface area contributed by atoms with Crippen LogP contribution in [-0.4, -0.2) is 42.5 Å². The van der Waals surface area contributed by atoms with E-state index in [2.05, 4.69) is 11.4 Å². The predicted octanol–water partition coefficient (Wildman–Crippen LogP) is 4.30. The number of alkyl halides is 3. The number of carbonyl (C=O) groups excluding carboxylic acids is 2. The summed E-state index contributed by atoms with van der Waals surface area (Å²) in [5.74, 6) is -1.45. The maximum atomic E-state index is 13.9. The molecule has 0 unspecified atom stereocenters.